The first-order valence-electron chi connectivity index (χ1n) is 4.70. The molecule has 76 valence electrons. The molecule has 0 amide bonds. The summed E-state index contributed by atoms with van der Waals surface area (Å²) in [4.78, 5) is 11.3. The molecule has 0 aromatic heterocycles. The standard InChI is InChI=1S/C11H14O3.Mg/c1-2-3-8-14-11(13)9-4-6-10(12)7-5-9;/h4-7,12H,2-3,8H2,1H3;/q;+2. The maximum Gasteiger partial charge on any atom is 2.00 e. The number of hydrogen-bond donors (Lipinski definition) is 1. The van der Waals surface area contributed by atoms with Gasteiger partial charge in [-0.3, -0.25) is 0 Å². The van der Waals surface area contributed by atoms with Crippen molar-refractivity contribution in [2.24, 2.45) is 0 Å². The van der Waals surface area contributed by atoms with Crippen molar-refractivity contribution in [3.05, 3.63) is 29.8 Å². The Morgan fingerprint density at radius 3 is 2.47 bits per heavy atom. The molecular formula is C11H14MgO3+2. The first kappa shape index (κ1) is 14.3. The molecule has 0 spiro atoms. The monoisotopic (exact) mass is 218 g/mol. The minimum Gasteiger partial charge on any atom is -0.508 e. The molecule has 1 aromatic carbocycles. The molecule has 0 radical (unpaired) electrons. The Kier molecular flexibility index (Phi) is 7.16. The molecule has 0 heterocycles. The average Bonchev–Trinajstić information content (AvgIpc) is 2.19. The van der Waals surface area contributed by atoms with Crippen LogP contribution in [0.4, 0.5) is 0 Å². The minimum absolute atomic E-state index is 0. The summed E-state index contributed by atoms with van der Waals surface area (Å²) < 4.78 is 4.99. The van der Waals surface area contributed by atoms with E-state index in [-0.39, 0.29) is 34.8 Å². The van der Waals surface area contributed by atoms with Gasteiger partial charge in [-0.2, -0.15) is 0 Å². The van der Waals surface area contributed by atoms with E-state index in [1.165, 1.54) is 12.1 Å². The molecule has 0 saturated heterocycles. The average molecular weight is 219 g/mol. The van der Waals surface area contributed by atoms with Gasteiger partial charge in [-0.25, -0.2) is 4.79 Å². The summed E-state index contributed by atoms with van der Waals surface area (Å²) in [5, 5.41) is 9.00. The zero-order valence-corrected chi connectivity index (χ0v) is 10.3. The van der Waals surface area contributed by atoms with Gasteiger partial charge in [0.05, 0.1) is 12.2 Å². The molecule has 1 rings (SSSR count). The van der Waals surface area contributed by atoms with Gasteiger partial charge in [-0.15, -0.1) is 0 Å². The van der Waals surface area contributed by atoms with E-state index in [1.807, 2.05) is 6.92 Å². The summed E-state index contributed by atoms with van der Waals surface area (Å²) in [6.07, 6.45) is 1.88. The van der Waals surface area contributed by atoms with Crippen molar-refractivity contribution in [2.45, 2.75) is 19.8 Å². The van der Waals surface area contributed by atoms with Gasteiger partial charge in [0.25, 0.3) is 0 Å². The van der Waals surface area contributed by atoms with E-state index in [0.29, 0.717) is 12.2 Å². The van der Waals surface area contributed by atoms with Gasteiger partial charge >= 0.3 is 29.0 Å². The molecule has 15 heavy (non-hydrogen) atoms. The van der Waals surface area contributed by atoms with Crippen molar-refractivity contribution in [2.75, 3.05) is 6.61 Å². The van der Waals surface area contributed by atoms with Crippen LogP contribution in [0.2, 0.25) is 0 Å². The third-order valence-electron chi connectivity index (χ3n) is 1.83. The smallest absolute Gasteiger partial charge is 0.508 e. The van der Waals surface area contributed by atoms with Crippen LogP contribution >= 0.6 is 0 Å². The first-order chi connectivity index (χ1) is 6.74. The molecule has 0 bridgehead atoms. The number of phenols is 1. The Labute approximate surface area is 106 Å². The van der Waals surface area contributed by atoms with Gasteiger partial charge in [-0.1, -0.05) is 13.3 Å². The van der Waals surface area contributed by atoms with Gasteiger partial charge < -0.3 is 9.84 Å². The predicted octanol–water partition coefficient (Wildman–Crippen LogP) is 1.97. The molecule has 0 saturated carbocycles. The number of aromatic hydroxyl groups is 1. The summed E-state index contributed by atoms with van der Waals surface area (Å²) in [5.41, 5.74) is 0.471. The maximum atomic E-state index is 11.3. The van der Waals surface area contributed by atoms with E-state index in [9.17, 15) is 4.79 Å². The van der Waals surface area contributed by atoms with E-state index >= 15 is 0 Å². The zero-order chi connectivity index (χ0) is 10.4. The van der Waals surface area contributed by atoms with E-state index in [2.05, 4.69) is 0 Å². The van der Waals surface area contributed by atoms with Crippen LogP contribution in [0.15, 0.2) is 24.3 Å². The number of carbonyl (C=O) groups is 1. The molecule has 0 fully saturated rings. The van der Waals surface area contributed by atoms with Crippen molar-refractivity contribution >= 4 is 29.0 Å². The number of unbranched alkanes of at least 4 members (excludes halogenated alkanes) is 1. The fraction of sp³-hybridized carbons (Fsp3) is 0.364. The van der Waals surface area contributed by atoms with Crippen molar-refractivity contribution in [1.82, 2.24) is 0 Å². The number of hydrogen-bond acceptors (Lipinski definition) is 3. The third-order valence-corrected chi connectivity index (χ3v) is 1.83. The molecule has 0 unspecified atom stereocenters. The summed E-state index contributed by atoms with van der Waals surface area (Å²) in [5.74, 6) is -0.187. The maximum absolute atomic E-state index is 11.3. The molecule has 0 aliphatic rings. The fourth-order valence-electron chi connectivity index (χ4n) is 0.990. The molecule has 4 heteroatoms. The van der Waals surface area contributed by atoms with E-state index in [1.54, 1.807) is 12.1 Å². The quantitative estimate of drug-likeness (QED) is 0.477. The van der Waals surface area contributed by atoms with Gasteiger partial charge in [0.1, 0.15) is 5.75 Å². The number of esters is 1. The third kappa shape index (κ3) is 5.04. The first-order valence-corrected chi connectivity index (χ1v) is 4.70. The zero-order valence-electron chi connectivity index (χ0n) is 8.90. The van der Waals surface area contributed by atoms with Crippen LogP contribution in [-0.2, 0) is 4.74 Å². The number of ether oxygens (including phenoxy) is 1. The summed E-state index contributed by atoms with van der Waals surface area (Å²) in [6, 6.07) is 6.03. The Hall–Kier alpha value is -0.744. The van der Waals surface area contributed by atoms with Crippen LogP contribution in [0, 0.1) is 0 Å². The van der Waals surface area contributed by atoms with E-state index in [4.69, 9.17) is 9.84 Å². The second-order valence-electron chi connectivity index (χ2n) is 3.04. The van der Waals surface area contributed by atoms with Crippen molar-refractivity contribution < 1.29 is 14.6 Å². The van der Waals surface area contributed by atoms with Crippen LogP contribution in [0.25, 0.3) is 0 Å². The number of phenolic OH excluding ortho intramolecular Hbond substituents is 1. The molecule has 0 aliphatic carbocycles. The van der Waals surface area contributed by atoms with Crippen LogP contribution < -0.4 is 0 Å². The summed E-state index contributed by atoms with van der Waals surface area (Å²) in [6.45, 7) is 2.49. The Bertz CT molecular complexity index is 295. The van der Waals surface area contributed by atoms with Crippen molar-refractivity contribution in [3.8, 4) is 5.75 Å². The van der Waals surface area contributed by atoms with Crippen LogP contribution in [-0.4, -0.2) is 40.7 Å². The molecular weight excluding hydrogens is 204 g/mol. The Balaban J connectivity index is 0.00000196. The number of carbonyl (C=O) groups excluding carboxylic acids is 1. The topological polar surface area (TPSA) is 46.5 Å². The van der Waals surface area contributed by atoms with Gasteiger partial charge in [-0.05, 0) is 30.7 Å². The fourth-order valence-corrected chi connectivity index (χ4v) is 0.990. The van der Waals surface area contributed by atoms with Crippen molar-refractivity contribution in [3.63, 3.8) is 0 Å². The summed E-state index contributed by atoms with van der Waals surface area (Å²) in [7, 11) is 0. The van der Waals surface area contributed by atoms with Gasteiger partial charge in [0.2, 0.25) is 0 Å². The van der Waals surface area contributed by atoms with Crippen molar-refractivity contribution in [1.29, 1.82) is 0 Å². The largest absolute Gasteiger partial charge is 2.00 e. The van der Waals surface area contributed by atoms with Crippen LogP contribution in [0.5, 0.6) is 5.75 Å². The second-order valence-corrected chi connectivity index (χ2v) is 3.04. The van der Waals surface area contributed by atoms with E-state index in [0.717, 1.165) is 12.8 Å². The molecule has 1 aromatic rings. The number of benzene rings is 1. The number of rotatable bonds is 4. The molecule has 1 N–H and O–H groups in total. The Morgan fingerprint density at radius 2 is 1.93 bits per heavy atom. The minimum atomic E-state index is -0.335. The molecule has 0 atom stereocenters. The molecule has 3 nitrogen and oxygen atoms in total. The Morgan fingerprint density at radius 1 is 1.33 bits per heavy atom. The normalized spacial score (nSPS) is 9.13. The van der Waals surface area contributed by atoms with Crippen LogP contribution in [0.3, 0.4) is 0 Å². The second kappa shape index (κ2) is 7.54. The van der Waals surface area contributed by atoms with Gasteiger partial charge in [0.15, 0.2) is 0 Å². The predicted molar refractivity (Wildman–Crippen MR) is 59.1 cm³/mol. The SMILES string of the molecule is CCCCOC(=O)c1ccc(O)cc1.[Mg+2]. The summed E-state index contributed by atoms with van der Waals surface area (Å²) >= 11 is 0. The van der Waals surface area contributed by atoms with Gasteiger partial charge in [0, 0.05) is 0 Å². The van der Waals surface area contributed by atoms with Crippen LogP contribution in [0.1, 0.15) is 30.1 Å². The molecule has 0 aliphatic heterocycles. The van der Waals surface area contributed by atoms with E-state index < -0.39 is 0 Å².